The maximum Gasteiger partial charge on any atom is 0.243 e. The van der Waals surface area contributed by atoms with Gasteiger partial charge in [-0.3, -0.25) is 9.59 Å². The molecule has 0 saturated carbocycles. The van der Waals surface area contributed by atoms with Crippen LogP contribution in [0.25, 0.3) is 0 Å². The molecule has 1 N–H and O–H groups in total. The van der Waals surface area contributed by atoms with E-state index in [9.17, 15) is 9.59 Å². The summed E-state index contributed by atoms with van der Waals surface area (Å²) in [6.07, 6.45) is 0. The Morgan fingerprint density at radius 2 is 1.85 bits per heavy atom. The summed E-state index contributed by atoms with van der Waals surface area (Å²) in [6, 6.07) is 14.7. The molecule has 7 heteroatoms. The Morgan fingerprint density at radius 1 is 1.11 bits per heavy atom. The number of thioether (sulfide) groups is 1. The number of hydrogen-bond donors (Lipinski definition) is 1. The monoisotopic (exact) mass is 388 g/mol. The Labute approximate surface area is 163 Å². The van der Waals surface area contributed by atoms with E-state index in [4.69, 9.17) is 9.47 Å². The van der Waals surface area contributed by atoms with Crippen LogP contribution in [0.5, 0.6) is 11.5 Å². The molecule has 0 aliphatic carbocycles. The van der Waals surface area contributed by atoms with Crippen LogP contribution in [0, 0.1) is 0 Å². The average molecular weight is 388 g/mol. The molecule has 0 aromatic heterocycles. The van der Waals surface area contributed by atoms with Gasteiger partial charge < -0.3 is 19.7 Å². The van der Waals surface area contributed by atoms with Gasteiger partial charge in [-0.2, -0.15) is 0 Å². The quantitative estimate of drug-likeness (QED) is 0.668. The molecule has 2 amide bonds. The fourth-order valence-corrected chi connectivity index (χ4v) is 3.10. The highest BCUT2D eigenvalue weighted by Gasteiger charge is 2.13. The molecule has 144 valence electrons. The summed E-state index contributed by atoms with van der Waals surface area (Å²) in [5.41, 5.74) is 0.629. The van der Waals surface area contributed by atoms with Gasteiger partial charge in [-0.25, -0.2) is 0 Å². The number of ether oxygens (including phenoxy) is 2. The van der Waals surface area contributed by atoms with Gasteiger partial charge in [0.05, 0.1) is 26.0 Å². The van der Waals surface area contributed by atoms with Crippen molar-refractivity contribution in [2.24, 2.45) is 0 Å². The maximum atomic E-state index is 12.3. The third-order valence-corrected chi connectivity index (χ3v) is 4.65. The van der Waals surface area contributed by atoms with Crippen LogP contribution < -0.4 is 14.8 Å². The van der Waals surface area contributed by atoms with E-state index in [0.29, 0.717) is 18.0 Å². The predicted molar refractivity (Wildman–Crippen MR) is 108 cm³/mol. The van der Waals surface area contributed by atoms with E-state index in [-0.39, 0.29) is 24.1 Å². The van der Waals surface area contributed by atoms with Crippen LogP contribution in [0.4, 0.5) is 5.69 Å². The first kappa shape index (κ1) is 20.6. The smallest absolute Gasteiger partial charge is 0.243 e. The van der Waals surface area contributed by atoms with Gasteiger partial charge >= 0.3 is 0 Å². The molecule has 0 fully saturated rings. The lowest BCUT2D eigenvalue weighted by molar-refractivity contribution is -0.131. The molecule has 2 rings (SSSR count). The number of likely N-dealkylation sites (N-methyl/N-ethyl adjacent to an activating group) is 1. The molecule has 0 heterocycles. The van der Waals surface area contributed by atoms with Crippen molar-refractivity contribution in [2.45, 2.75) is 11.8 Å². The summed E-state index contributed by atoms with van der Waals surface area (Å²) in [5.74, 6) is 1.35. The average Bonchev–Trinajstić information content (AvgIpc) is 2.67. The number of hydrogen-bond acceptors (Lipinski definition) is 5. The van der Waals surface area contributed by atoms with E-state index >= 15 is 0 Å². The lowest BCUT2D eigenvalue weighted by Crippen LogP contribution is -2.35. The van der Waals surface area contributed by atoms with Crippen LogP contribution >= 0.6 is 11.8 Å². The Hall–Kier alpha value is -2.67. The zero-order valence-corrected chi connectivity index (χ0v) is 16.5. The number of amides is 2. The number of anilines is 1. The molecule has 0 aliphatic heterocycles. The van der Waals surface area contributed by atoms with Crippen LogP contribution in [0.15, 0.2) is 53.4 Å². The van der Waals surface area contributed by atoms with Crippen LogP contribution in [0.1, 0.15) is 6.92 Å². The van der Waals surface area contributed by atoms with Gasteiger partial charge in [0.2, 0.25) is 11.8 Å². The minimum absolute atomic E-state index is 0.0140. The number of rotatable bonds is 9. The first-order valence-corrected chi connectivity index (χ1v) is 9.54. The highest BCUT2D eigenvalue weighted by molar-refractivity contribution is 8.00. The molecule has 6 nitrogen and oxygen atoms in total. The van der Waals surface area contributed by atoms with Crippen molar-refractivity contribution in [1.82, 2.24) is 4.90 Å². The Bertz CT molecular complexity index is 765. The SMILES string of the molecule is CCOc1ccc(SCC(=O)N(C)CC(=O)Nc2cccc(OC)c2)cc1. The fraction of sp³-hybridized carbons (Fsp3) is 0.300. The highest BCUT2D eigenvalue weighted by atomic mass is 32.2. The van der Waals surface area contributed by atoms with E-state index in [1.54, 1.807) is 38.4 Å². The zero-order valence-electron chi connectivity index (χ0n) is 15.7. The van der Waals surface area contributed by atoms with E-state index in [1.165, 1.54) is 16.7 Å². The largest absolute Gasteiger partial charge is 0.497 e. The van der Waals surface area contributed by atoms with Gasteiger partial charge in [0.15, 0.2) is 0 Å². The molecule has 0 aliphatic rings. The minimum Gasteiger partial charge on any atom is -0.497 e. The van der Waals surface area contributed by atoms with Gasteiger partial charge in [-0.1, -0.05) is 6.07 Å². The molecule has 2 aromatic rings. The number of nitrogens with one attached hydrogen (secondary N) is 1. The number of carbonyl (C=O) groups is 2. The summed E-state index contributed by atoms with van der Waals surface area (Å²) in [5, 5.41) is 2.76. The molecule has 0 unspecified atom stereocenters. The maximum absolute atomic E-state index is 12.3. The van der Waals surface area contributed by atoms with E-state index in [1.807, 2.05) is 31.2 Å². The molecule has 2 aromatic carbocycles. The second-order valence-electron chi connectivity index (χ2n) is 5.72. The Balaban J connectivity index is 1.79. The van der Waals surface area contributed by atoms with Crippen LogP contribution in [-0.2, 0) is 9.59 Å². The van der Waals surface area contributed by atoms with E-state index in [2.05, 4.69) is 5.32 Å². The fourth-order valence-electron chi connectivity index (χ4n) is 2.26. The molecular formula is C20H24N2O4S. The Morgan fingerprint density at radius 3 is 2.52 bits per heavy atom. The first-order valence-electron chi connectivity index (χ1n) is 8.55. The van der Waals surface area contributed by atoms with Crippen molar-refractivity contribution in [3.8, 4) is 11.5 Å². The minimum atomic E-state index is -0.259. The normalized spacial score (nSPS) is 10.2. The van der Waals surface area contributed by atoms with Crippen molar-refractivity contribution in [2.75, 3.05) is 38.4 Å². The molecule has 0 saturated heterocycles. The van der Waals surface area contributed by atoms with E-state index < -0.39 is 0 Å². The van der Waals surface area contributed by atoms with Gasteiger partial charge in [-0.05, 0) is 43.3 Å². The molecule has 0 radical (unpaired) electrons. The highest BCUT2D eigenvalue weighted by Crippen LogP contribution is 2.22. The molecule has 0 atom stereocenters. The lowest BCUT2D eigenvalue weighted by Gasteiger charge is -2.17. The molecule has 27 heavy (non-hydrogen) atoms. The topological polar surface area (TPSA) is 67.9 Å². The van der Waals surface area contributed by atoms with E-state index in [0.717, 1.165) is 10.6 Å². The van der Waals surface area contributed by atoms with Gasteiger partial charge in [0, 0.05) is 23.7 Å². The third kappa shape index (κ3) is 6.86. The summed E-state index contributed by atoms with van der Waals surface area (Å²) in [4.78, 5) is 26.8. The molecule has 0 bridgehead atoms. The molecule has 0 spiro atoms. The van der Waals surface area contributed by atoms with Crippen molar-refractivity contribution >= 4 is 29.3 Å². The predicted octanol–water partition coefficient (Wildman–Crippen LogP) is 3.28. The summed E-state index contributed by atoms with van der Waals surface area (Å²) in [7, 11) is 3.18. The van der Waals surface area contributed by atoms with Crippen LogP contribution in [0.2, 0.25) is 0 Å². The number of benzene rings is 2. The summed E-state index contributed by atoms with van der Waals surface area (Å²) >= 11 is 1.42. The van der Waals surface area contributed by atoms with Crippen LogP contribution in [0.3, 0.4) is 0 Å². The van der Waals surface area contributed by atoms with Gasteiger partial charge in [0.1, 0.15) is 11.5 Å². The standard InChI is InChI=1S/C20H24N2O4S/c1-4-26-16-8-10-18(11-9-16)27-14-20(24)22(2)13-19(23)21-15-6-5-7-17(12-15)25-3/h5-12H,4,13-14H2,1-3H3,(H,21,23). The third-order valence-electron chi connectivity index (χ3n) is 3.66. The van der Waals surface area contributed by atoms with Crippen molar-refractivity contribution in [3.63, 3.8) is 0 Å². The van der Waals surface area contributed by atoms with Crippen molar-refractivity contribution in [3.05, 3.63) is 48.5 Å². The first-order chi connectivity index (χ1) is 13.0. The summed E-state index contributed by atoms with van der Waals surface area (Å²) < 4.78 is 10.5. The molecular weight excluding hydrogens is 364 g/mol. The second-order valence-corrected chi connectivity index (χ2v) is 6.77. The van der Waals surface area contributed by atoms with Gasteiger partial charge in [0.25, 0.3) is 0 Å². The van der Waals surface area contributed by atoms with Crippen molar-refractivity contribution in [1.29, 1.82) is 0 Å². The number of carbonyl (C=O) groups excluding carboxylic acids is 2. The van der Waals surface area contributed by atoms with Crippen LogP contribution in [-0.4, -0.2) is 49.8 Å². The lowest BCUT2D eigenvalue weighted by atomic mass is 10.3. The summed E-state index contributed by atoms with van der Waals surface area (Å²) in [6.45, 7) is 2.54. The number of nitrogens with zero attached hydrogens (tertiary/aromatic N) is 1. The zero-order chi connectivity index (χ0) is 19.6. The number of methoxy groups -OCH3 is 1. The Kier molecular flexibility index (Phi) is 8.00. The van der Waals surface area contributed by atoms with Crippen molar-refractivity contribution < 1.29 is 19.1 Å². The second kappa shape index (κ2) is 10.5. The van der Waals surface area contributed by atoms with Gasteiger partial charge in [-0.15, -0.1) is 11.8 Å².